The zero-order chi connectivity index (χ0) is 33.3. The van der Waals surface area contributed by atoms with Gasteiger partial charge in [0.2, 0.25) is 5.78 Å². The molecule has 0 bridgehead atoms. The predicted molar refractivity (Wildman–Crippen MR) is 153 cm³/mol. The molecule has 1 aromatic heterocycles. The summed E-state index contributed by atoms with van der Waals surface area (Å²) in [7, 11) is 1.34. The van der Waals surface area contributed by atoms with Gasteiger partial charge in [-0.15, -0.1) is 0 Å². The molecule has 3 aromatic rings. The Kier molecular flexibility index (Phi) is 11.4. The first-order valence-electron chi connectivity index (χ1n) is 12.9. The second-order valence-corrected chi connectivity index (χ2v) is 10.1. The van der Waals surface area contributed by atoms with E-state index in [1.807, 2.05) is 16.8 Å². The van der Waals surface area contributed by atoms with Crippen molar-refractivity contribution in [2.24, 2.45) is 5.73 Å². The first kappa shape index (κ1) is 34.2. The average Bonchev–Trinajstić information content (AvgIpc) is 3.53. The predicted octanol–water partition coefficient (Wildman–Crippen LogP) is 3.49. The highest BCUT2D eigenvalue weighted by Gasteiger charge is 2.42. The van der Waals surface area contributed by atoms with E-state index in [-0.39, 0.29) is 40.4 Å². The highest BCUT2D eigenvalue weighted by atomic mass is 32.1. The van der Waals surface area contributed by atoms with Crippen molar-refractivity contribution in [3.05, 3.63) is 69.9 Å². The fourth-order valence-corrected chi connectivity index (χ4v) is 4.56. The maximum atomic E-state index is 13.4. The molecule has 2 aromatic carbocycles. The summed E-state index contributed by atoms with van der Waals surface area (Å²) in [5.41, 5.74) is 7.36. The number of carboxylic acid groups (broad SMARTS) is 1. The molecular weight excluding hydrogens is 623 g/mol. The van der Waals surface area contributed by atoms with E-state index in [4.69, 9.17) is 25.7 Å². The van der Waals surface area contributed by atoms with Gasteiger partial charge in [0, 0.05) is 24.0 Å². The van der Waals surface area contributed by atoms with Crippen LogP contribution in [0.15, 0.2) is 53.2 Å². The Morgan fingerprint density at radius 3 is 2.38 bits per heavy atom. The highest BCUT2D eigenvalue weighted by Crippen LogP contribution is 2.29. The molecule has 1 atom stereocenters. The van der Waals surface area contributed by atoms with Gasteiger partial charge >= 0.3 is 24.1 Å². The fraction of sp³-hybridized carbons (Fsp3) is 0.241. The largest absolute Gasteiger partial charge is 0.496 e. The molecule has 0 aliphatic rings. The lowest BCUT2D eigenvalue weighted by Gasteiger charge is -2.21. The number of halogens is 3. The highest BCUT2D eigenvalue weighted by molar-refractivity contribution is 7.08. The van der Waals surface area contributed by atoms with Crippen LogP contribution in [0, 0.1) is 5.41 Å². The Morgan fingerprint density at radius 1 is 1.04 bits per heavy atom. The molecule has 0 saturated heterocycles. The molecule has 3 rings (SSSR count). The molecule has 238 valence electrons. The van der Waals surface area contributed by atoms with Gasteiger partial charge in [-0.25, -0.2) is 9.59 Å². The van der Waals surface area contributed by atoms with Gasteiger partial charge in [0.15, 0.2) is 0 Å². The molecule has 0 fully saturated rings. The monoisotopic (exact) mass is 649 g/mol. The first-order chi connectivity index (χ1) is 21.2. The summed E-state index contributed by atoms with van der Waals surface area (Å²) in [6.07, 6.45) is -7.13. The fourth-order valence-electron chi connectivity index (χ4n) is 3.90. The third-order valence-corrected chi connectivity index (χ3v) is 6.86. The number of nitrogens with two attached hydrogens (primary N) is 1. The number of nitrogens with one attached hydrogen (secondary N) is 2. The van der Waals surface area contributed by atoms with Gasteiger partial charge in [-0.05, 0) is 52.6 Å². The molecular formula is C29H26F3N3O9S. The summed E-state index contributed by atoms with van der Waals surface area (Å²) in [6, 6.07) is 9.50. The van der Waals surface area contributed by atoms with Crippen molar-refractivity contribution < 1.29 is 56.5 Å². The Hall–Kier alpha value is -5.25. The molecule has 0 aliphatic heterocycles. The Morgan fingerprint density at radius 2 is 1.78 bits per heavy atom. The number of alkyl halides is 3. The summed E-state index contributed by atoms with van der Waals surface area (Å²) >= 11 is 1.44. The van der Waals surface area contributed by atoms with E-state index in [0.29, 0.717) is 5.56 Å². The third-order valence-electron chi connectivity index (χ3n) is 6.18. The van der Waals surface area contributed by atoms with Gasteiger partial charge in [-0.2, -0.15) is 24.5 Å². The van der Waals surface area contributed by atoms with Crippen LogP contribution < -0.4 is 20.5 Å². The van der Waals surface area contributed by atoms with Crippen LogP contribution in [0.2, 0.25) is 0 Å². The number of carbonyl (C=O) groups excluding carboxylic acids is 4. The van der Waals surface area contributed by atoms with Gasteiger partial charge in [0.25, 0.3) is 5.91 Å². The quantitative estimate of drug-likeness (QED) is 0.0660. The first-order valence-corrected chi connectivity index (χ1v) is 13.8. The minimum Gasteiger partial charge on any atom is -0.496 e. The molecule has 0 spiro atoms. The zero-order valence-electron chi connectivity index (χ0n) is 23.4. The smallest absolute Gasteiger partial charge is 0.491 e. The van der Waals surface area contributed by atoms with Crippen molar-refractivity contribution in [3.8, 4) is 22.6 Å². The number of esters is 2. The number of aliphatic carboxylic acids is 1. The lowest BCUT2D eigenvalue weighted by molar-refractivity contribution is -0.201. The van der Waals surface area contributed by atoms with E-state index >= 15 is 0 Å². The molecule has 1 heterocycles. The van der Waals surface area contributed by atoms with Crippen molar-refractivity contribution in [2.45, 2.75) is 31.5 Å². The van der Waals surface area contributed by atoms with Crippen LogP contribution >= 0.6 is 11.3 Å². The number of ether oxygens (including phenoxy) is 3. The van der Waals surface area contributed by atoms with Gasteiger partial charge < -0.3 is 30.4 Å². The number of Topliss-reactive ketones (excluding diaryl/α,β-unsaturated/α-hetero) is 1. The molecule has 0 aliphatic carbocycles. The van der Waals surface area contributed by atoms with E-state index in [9.17, 15) is 37.1 Å². The topological polar surface area (TPSA) is 195 Å². The molecule has 45 heavy (non-hydrogen) atoms. The number of methoxy groups -OCH3 is 1. The number of carboxylic acids is 1. The number of ketones is 1. The Bertz CT molecular complexity index is 1610. The molecule has 0 saturated carbocycles. The standard InChI is InChI=1S/C29H26F3N3O9S/c1-42-22-6-4-15(18-8-9-45-14-18)10-20(22)26(38)35-19(5-7-24(37)44-28(41)29(30,31)32)13-43-23-12-17(25(33)34)3-2-16(23)11-21(36)27(39)40/h2-4,6,8-10,12,14,19H,5,7,11,13H2,1H3,(H3,33,34)(H,35,38)(H,39,40)/t19-/m1/s1. The van der Waals surface area contributed by atoms with Crippen LogP contribution in [-0.4, -0.2) is 66.5 Å². The number of amidine groups is 1. The normalized spacial score (nSPS) is 11.6. The molecule has 5 N–H and O–H groups in total. The lowest BCUT2D eigenvalue weighted by Crippen LogP contribution is -2.40. The molecule has 12 nitrogen and oxygen atoms in total. The van der Waals surface area contributed by atoms with Crippen LogP contribution in [0.25, 0.3) is 11.1 Å². The van der Waals surface area contributed by atoms with E-state index in [2.05, 4.69) is 10.1 Å². The summed E-state index contributed by atoms with van der Waals surface area (Å²) in [5, 5.41) is 23.0. The van der Waals surface area contributed by atoms with E-state index in [1.54, 1.807) is 18.2 Å². The lowest BCUT2D eigenvalue weighted by atomic mass is 10.0. The number of carbonyl (C=O) groups is 5. The van der Waals surface area contributed by atoms with Crippen LogP contribution in [0.1, 0.15) is 34.3 Å². The summed E-state index contributed by atoms with van der Waals surface area (Å²) in [4.78, 5) is 59.5. The summed E-state index contributed by atoms with van der Waals surface area (Å²) < 4.78 is 52.6. The second kappa shape index (κ2) is 15.0. The molecule has 0 radical (unpaired) electrons. The van der Waals surface area contributed by atoms with Crippen LogP contribution in [0.3, 0.4) is 0 Å². The number of benzene rings is 2. The number of hydrogen-bond acceptors (Lipinski definition) is 10. The number of hydrogen-bond donors (Lipinski definition) is 4. The summed E-state index contributed by atoms with van der Waals surface area (Å²) in [5.74, 6) is -8.07. The number of rotatable bonds is 14. The van der Waals surface area contributed by atoms with E-state index in [1.165, 1.54) is 36.6 Å². The minimum absolute atomic E-state index is 0.0762. The molecule has 16 heteroatoms. The molecule has 1 amide bonds. The van der Waals surface area contributed by atoms with Crippen LogP contribution in [0.5, 0.6) is 11.5 Å². The molecule has 0 unspecified atom stereocenters. The average molecular weight is 650 g/mol. The van der Waals surface area contributed by atoms with Gasteiger partial charge in [0.05, 0.1) is 18.7 Å². The number of nitrogen functional groups attached to an aromatic ring is 1. The van der Waals surface area contributed by atoms with Crippen molar-refractivity contribution in [1.82, 2.24) is 5.32 Å². The van der Waals surface area contributed by atoms with Gasteiger partial charge in [-0.3, -0.25) is 19.8 Å². The van der Waals surface area contributed by atoms with Gasteiger partial charge in [0.1, 0.15) is 23.9 Å². The van der Waals surface area contributed by atoms with Gasteiger partial charge in [-0.1, -0.05) is 18.2 Å². The van der Waals surface area contributed by atoms with Crippen molar-refractivity contribution >= 4 is 46.8 Å². The minimum atomic E-state index is -5.40. The van der Waals surface area contributed by atoms with E-state index < -0.39 is 61.3 Å². The van der Waals surface area contributed by atoms with Crippen molar-refractivity contribution in [2.75, 3.05) is 13.7 Å². The number of amides is 1. The summed E-state index contributed by atoms with van der Waals surface area (Å²) in [6.45, 7) is -0.464. The Labute approximate surface area is 257 Å². The van der Waals surface area contributed by atoms with Crippen LogP contribution in [-0.2, 0) is 30.3 Å². The Balaban J connectivity index is 1.89. The second-order valence-electron chi connectivity index (χ2n) is 9.35. The maximum Gasteiger partial charge on any atom is 0.491 e. The maximum absolute atomic E-state index is 13.4. The van der Waals surface area contributed by atoms with Crippen LogP contribution in [0.4, 0.5) is 13.2 Å². The van der Waals surface area contributed by atoms with Crippen molar-refractivity contribution in [1.29, 1.82) is 5.41 Å². The van der Waals surface area contributed by atoms with E-state index in [0.717, 1.165) is 5.56 Å². The third kappa shape index (κ3) is 9.62. The van der Waals surface area contributed by atoms with Crippen molar-refractivity contribution in [3.63, 3.8) is 0 Å². The zero-order valence-corrected chi connectivity index (χ0v) is 24.3. The number of thiophene rings is 1. The SMILES string of the molecule is COc1ccc(-c2ccsc2)cc1C(=O)N[C@H](CCC(=O)OC(=O)C(F)(F)F)COc1cc(C(=N)N)ccc1CC(=O)C(=O)O.